The smallest absolute Gasteiger partial charge is 0.232 e. The highest BCUT2D eigenvalue weighted by molar-refractivity contribution is 7.92. The van der Waals surface area contributed by atoms with Crippen LogP contribution in [-0.4, -0.2) is 27.1 Å². The molecule has 1 aliphatic rings. The number of nitrogens with zero attached hydrogens (tertiary/aromatic N) is 1. The molecule has 1 unspecified atom stereocenters. The number of aryl methyl sites for hydroxylation is 2. The minimum absolute atomic E-state index is 0.104. The Morgan fingerprint density at radius 2 is 1.81 bits per heavy atom. The number of amides is 1. The lowest BCUT2D eigenvalue weighted by Gasteiger charge is -2.24. The number of hydrogen-bond acceptors (Lipinski definition) is 3. The van der Waals surface area contributed by atoms with E-state index in [2.05, 4.69) is 23.5 Å². The normalized spacial score (nSPS) is 14.6. The molecule has 0 spiro atoms. The van der Waals surface area contributed by atoms with E-state index in [4.69, 9.17) is 23.2 Å². The summed E-state index contributed by atoms with van der Waals surface area (Å²) in [6.07, 6.45) is 6.36. The van der Waals surface area contributed by atoms with Crippen LogP contribution in [0.2, 0.25) is 10.0 Å². The highest BCUT2D eigenvalue weighted by Gasteiger charge is 2.21. The number of halogens is 2. The van der Waals surface area contributed by atoms with Gasteiger partial charge in [0.05, 0.1) is 23.0 Å². The monoisotopic (exact) mass is 482 g/mol. The quantitative estimate of drug-likeness (QED) is 0.555. The van der Waals surface area contributed by atoms with Gasteiger partial charge >= 0.3 is 0 Å². The average Bonchev–Trinajstić information content (AvgIpc) is 2.72. The van der Waals surface area contributed by atoms with E-state index in [0.717, 1.165) is 24.7 Å². The molecule has 3 rings (SSSR count). The van der Waals surface area contributed by atoms with Gasteiger partial charge in [-0.3, -0.25) is 9.10 Å². The number of anilines is 1. The molecule has 1 aliphatic carbocycles. The fraction of sp³-hybridized carbons (Fsp3) is 0.435. The zero-order chi connectivity index (χ0) is 22.6. The topological polar surface area (TPSA) is 66.5 Å². The van der Waals surface area contributed by atoms with Crippen molar-refractivity contribution in [2.24, 2.45) is 0 Å². The van der Waals surface area contributed by atoms with Crippen molar-refractivity contribution < 1.29 is 13.2 Å². The van der Waals surface area contributed by atoms with E-state index in [-0.39, 0.29) is 24.9 Å². The molecule has 2 aromatic rings. The highest BCUT2D eigenvalue weighted by atomic mass is 35.5. The SMILES string of the molecule is CC(NC(=O)CCCN(c1cc(Cl)ccc1Cl)S(C)(=O)=O)c1ccc2c(c1)CCCC2. The standard InChI is InChI=1S/C23H28Cl2N2O3S/c1-16(18-10-9-17-6-3-4-7-19(17)14-18)26-23(28)8-5-13-27(31(2,29)30)22-15-20(24)11-12-21(22)25/h9-12,14-16H,3-8,13H2,1-2H3,(H,26,28). The van der Waals surface area contributed by atoms with Gasteiger partial charge in [-0.25, -0.2) is 8.42 Å². The van der Waals surface area contributed by atoms with E-state index in [0.29, 0.717) is 22.2 Å². The minimum Gasteiger partial charge on any atom is -0.350 e. The van der Waals surface area contributed by atoms with Gasteiger partial charge in [-0.2, -0.15) is 0 Å². The molecule has 0 saturated heterocycles. The molecule has 5 nitrogen and oxygen atoms in total. The van der Waals surface area contributed by atoms with E-state index in [1.807, 2.05) is 6.92 Å². The van der Waals surface area contributed by atoms with Crippen molar-refractivity contribution in [3.05, 3.63) is 63.1 Å². The first kappa shape index (κ1) is 23.9. The number of carbonyl (C=O) groups is 1. The maximum Gasteiger partial charge on any atom is 0.232 e. The predicted octanol–water partition coefficient (Wildman–Crippen LogP) is 5.30. The van der Waals surface area contributed by atoms with Crippen LogP contribution in [0.1, 0.15) is 55.3 Å². The van der Waals surface area contributed by atoms with Crippen molar-refractivity contribution in [1.82, 2.24) is 5.32 Å². The van der Waals surface area contributed by atoms with Gasteiger partial charge in [0.25, 0.3) is 0 Å². The van der Waals surface area contributed by atoms with Crippen LogP contribution in [0, 0.1) is 0 Å². The molecule has 1 atom stereocenters. The molecule has 0 saturated carbocycles. The molecule has 0 bridgehead atoms. The third-order valence-electron chi connectivity index (χ3n) is 5.59. The molecular weight excluding hydrogens is 455 g/mol. The summed E-state index contributed by atoms with van der Waals surface area (Å²) in [4.78, 5) is 12.5. The summed E-state index contributed by atoms with van der Waals surface area (Å²) in [7, 11) is -3.57. The Morgan fingerprint density at radius 1 is 1.10 bits per heavy atom. The Hall–Kier alpha value is -1.76. The molecule has 1 N–H and O–H groups in total. The fourth-order valence-electron chi connectivity index (χ4n) is 3.94. The fourth-order valence-corrected chi connectivity index (χ4v) is 5.35. The Kier molecular flexibility index (Phi) is 7.89. The molecule has 168 valence electrons. The number of benzene rings is 2. The van der Waals surface area contributed by atoms with Crippen LogP contribution in [-0.2, 0) is 27.7 Å². The van der Waals surface area contributed by atoms with Crippen molar-refractivity contribution >= 4 is 44.8 Å². The summed E-state index contributed by atoms with van der Waals surface area (Å²) in [5.74, 6) is -0.115. The van der Waals surface area contributed by atoms with E-state index in [9.17, 15) is 13.2 Å². The number of rotatable bonds is 8. The number of hydrogen-bond donors (Lipinski definition) is 1. The first-order valence-electron chi connectivity index (χ1n) is 10.5. The first-order chi connectivity index (χ1) is 14.6. The summed E-state index contributed by atoms with van der Waals surface area (Å²) in [6.45, 7) is 2.11. The zero-order valence-corrected chi connectivity index (χ0v) is 20.2. The molecule has 2 aromatic carbocycles. The Bertz CT molecular complexity index is 1060. The number of fused-ring (bicyclic) bond motifs is 1. The largest absolute Gasteiger partial charge is 0.350 e. The molecular formula is C23H28Cl2N2O3S. The van der Waals surface area contributed by atoms with Crippen molar-refractivity contribution in [3.63, 3.8) is 0 Å². The van der Waals surface area contributed by atoms with Gasteiger partial charge in [0.2, 0.25) is 15.9 Å². The second-order valence-corrected chi connectivity index (χ2v) is 10.8. The molecule has 0 heterocycles. The van der Waals surface area contributed by atoms with Crippen molar-refractivity contribution in [2.45, 2.75) is 51.5 Å². The lowest BCUT2D eigenvalue weighted by atomic mass is 9.89. The first-order valence-corrected chi connectivity index (χ1v) is 13.1. The summed E-state index contributed by atoms with van der Waals surface area (Å²) < 4.78 is 25.7. The van der Waals surface area contributed by atoms with Crippen LogP contribution < -0.4 is 9.62 Å². The van der Waals surface area contributed by atoms with Gasteiger partial charge in [-0.15, -0.1) is 0 Å². The van der Waals surface area contributed by atoms with Gasteiger partial charge in [0.15, 0.2) is 0 Å². The highest BCUT2D eigenvalue weighted by Crippen LogP contribution is 2.31. The third kappa shape index (κ3) is 6.37. The average molecular weight is 483 g/mol. The molecule has 0 radical (unpaired) electrons. The van der Waals surface area contributed by atoms with Crippen LogP contribution in [0.4, 0.5) is 5.69 Å². The van der Waals surface area contributed by atoms with Crippen molar-refractivity contribution in [3.8, 4) is 0 Å². The Labute approximate surface area is 194 Å². The van der Waals surface area contributed by atoms with Crippen LogP contribution in [0.15, 0.2) is 36.4 Å². The summed E-state index contributed by atoms with van der Waals surface area (Å²) in [5.41, 5.74) is 4.21. The van der Waals surface area contributed by atoms with Crippen molar-refractivity contribution in [1.29, 1.82) is 0 Å². The Balaban J connectivity index is 1.58. The van der Waals surface area contributed by atoms with Gasteiger partial charge in [-0.05, 0) is 73.9 Å². The van der Waals surface area contributed by atoms with Gasteiger partial charge in [0.1, 0.15) is 0 Å². The van der Waals surface area contributed by atoms with Crippen LogP contribution >= 0.6 is 23.2 Å². The number of sulfonamides is 1. The Morgan fingerprint density at radius 3 is 2.52 bits per heavy atom. The predicted molar refractivity (Wildman–Crippen MR) is 128 cm³/mol. The van der Waals surface area contributed by atoms with Gasteiger partial charge in [0, 0.05) is 18.0 Å². The van der Waals surface area contributed by atoms with E-state index in [1.165, 1.54) is 34.3 Å². The minimum atomic E-state index is -3.57. The van der Waals surface area contributed by atoms with E-state index in [1.54, 1.807) is 12.1 Å². The lowest BCUT2D eigenvalue weighted by molar-refractivity contribution is -0.121. The summed E-state index contributed by atoms with van der Waals surface area (Å²) in [5, 5.41) is 3.71. The third-order valence-corrected chi connectivity index (χ3v) is 7.33. The maximum atomic E-state index is 12.5. The van der Waals surface area contributed by atoms with Crippen LogP contribution in [0.5, 0.6) is 0 Å². The van der Waals surface area contributed by atoms with E-state index >= 15 is 0 Å². The maximum absolute atomic E-state index is 12.5. The summed E-state index contributed by atoms with van der Waals surface area (Å²) >= 11 is 12.2. The molecule has 0 aromatic heterocycles. The number of carbonyl (C=O) groups excluding carboxylic acids is 1. The van der Waals surface area contributed by atoms with Crippen LogP contribution in [0.25, 0.3) is 0 Å². The van der Waals surface area contributed by atoms with Gasteiger partial charge < -0.3 is 5.32 Å². The van der Waals surface area contributed by atoms with Crippen molar-refractivity contribution in [2.75, 3.05) is 17.1 Å². The second-order valence-electron chi connectivity index (χ2n) is 8.06. The second kappa shape index (κ2) is 10.2. The molecule has 0 aliphatic heterocycles. The molecule has 8 heteroatoms. The van der Waals surface area contributed by atoms with Gasteiger partial charge in [-0.1, -0.05) is 41.4 Å². The molecule has 0 fully saturated rings. The summed E-state index contributed by atoms with van der Waals surface area (Å²) in [6, 6.07) is 11.0. The lowest BCUT2D eigenvalue weighted by Crippen LogP contribution is -2.32. The molecule has 31 heavy (non-hydrogen) atoms. The van der Waals surface area contributed by atoms with E-state index < -0.39 is 10.0 Å². The molecule has 1 amide bonds. The number of nitrogens with one attached hydrogen (secondary N) is 1. The van der Waals surface area contributed by atoms with Crippen LogP contribution in [0.3, 0.4) is 0 Å². The zero-order valence-electron chi connectivity index (χ0n) is 17.8.